The van der Waals surface area contributed by atoms with Crippen LogP contribution in [0.4, 0.5) is 0 Å². The van der Waals surface area contributed by atoms with Crippen molar-refractivity contribution < 1.29 is 9.21 Å². The third-order valence-electron chi connectivity index (χ3n) is 3.13. The Morgan fingerprint density at radius 3 is 2.82 bits per heavy atom. The van der Waals surface area contributed by atoms with Gasteiger partial charge in [-0.25, -0.2) is 4.98 Å². The minimum Gasteiger partial charge on any atom is -0.467 e. The van der Waals surface area contributed by atoms with Crippen molar-refractivity contribution in [2.75, 3.05) is 5.75 Å². The predicted octanol–water partition coefficient (Wildman–Crippen LogP) is 2.72. The van der Waals surface area contributed by atoms with Gasteiger partial charge in [0, 0.05) is 0 Å². The zero-order valence-electron chi connectivity index (χ0n) is 12.0. The fourth-order valence-corrected chi connectivity index (χ4v) is 2.92. The van der Waals surface area contributed by atoms with Gasteiger partial charge in [0.1, 0.15) is 11.5 Å². The van der Waals surface area contributed by atoms with Gasteiger partial charge in [0.2, 0.25) is 0 Å². The van der Waals surface area contributed by atoms with Crippen LogP contribution in [0, 0.1) is 0 Å². The van der Waals surface area contributed by atoms with Gasteiger partial charge < -0.3 is 4.42 Å². The number of ketones is 1. The van der Waals surface area contributed by atoms with Crippen LogP contribution in [0.15, 0.2) is 57.0 Å². The summed E-state index contributed by atoms with van der Waals surface area (Å²) in [4.78, 5) is 28.5. The van der Waals surface area contributed by atoms with Crippen molar-refractivity contribution in [3.05, 3.63) is 58.8 Å². The van der Waals surface area contributed by atoms with Crippen molar-refractivity contribution in [2.45, 2.75) is 18.6 Å². The van der Waals surface area contributed by atoms with Crippen LogP contribution in [0.2, 0.25) is 0 Å². The molecule has 3 aromatic rings. The monoisotopic (exact) mass is 314 g/mol. The van der Waals surface area contributed by atoms with Crippen LogP contribution in [-0.4, -0.2) is 21.1 Å². The van der Waals surface area contributed by atoms with E-state index in [2.05, 4.69) is 4.98 Å². The summed E-state index contributed by atoms with van der Waals surface area (Å²) in [6, 6.07) is 10.8. The Balaban J connectivity index is 2.12. The Morgan fingerprint density at radius 1 is 1.27 bits per heavy atom. The molecule has 5 nitrogen and oxygen atoms in total. The molecular weight excluding hydrogens is 300 g/mol. The SMILES string of the molecule is CC(=O)CSc1nc2ccccc2c(=O)n1Cc1ccco1. The van der Waals surface area contributed by atoms with E-state index >= 15 is 0 Å². The molecule has 0 aliphatic heterocycles. The van der Waals surface area contributed by atoms with Gasteiger partial charge in [0.25, 0.3) is 5.56 Å². The van der Waals surface area contributed by atoms with Gasteiger partial charge >= 0.3 is 0 Å². The number of aromatic nitrogens is 2. The van der Waals surface area contributed by atoms with E-state index < -0.39 is 0 Å². The van der Waals surface area contributed by atoms with Crippen LogP contribution < -0.4 is 5.56 Å². The molecule has 0 aliphatic rings. The van der Waals surface area contributed by atoms with E-state index in [1.807, 2.05) is 12.1 Å². The molecule has 112 valence electrons. The van der Waals surface area contributed by atoms with Gasteiger partial charge in [-0.1, -0.05) is 23.9 Å². The van der Waals surface area contributed by atoms with Gasteiger partial charge in [0.15, 0.2) is 5.16 Å². The number of carbonyl (C=O) groups is 1. The second-order valence-corrected chi connectivity index (χ2v) is 5.82. The van der Waals surface area contributed by atoms with Crippen molar-refractivity contribution in [1.82, 2.24) is 9.55 Å². The van der Waals surface area contributed by atoms with E-state index in [9.17, 15) is 9.59 Å². The Bertz CT molecular complexity index is 869. The summed E-state index contributed by atoms with van der Waals surface area (Å²) in [7, 11) is 0. The number of furan rings is 1. The van der Waals surface area contributed by atoms with E-state index in [0.29, 0.717) is 28.4 Å². The number of rotatable bonds is 5. The molecule has 2 heterocycles. The highest BCUT2D eigenvalue weighted by Gasteiger charge is 2.13. The number of Topliss-reactive ketones (excluding diaryl/α,β-unsaturated/α-hetero) is 1. The fraction of sp³-hybridized carbons (Fsp3) is 0.188. The lowest BCUT2D eigenvalue weighted by atomic mass is 10.2. The Hall–Kier alpha value is -2.34. The Labute approximate surface area is 131 Å². The highest BCUT2D eigenvalue weighted by Crippen LogP contribution is 2.19. The molecule has 0 bridgehead atoms. The van der Waals surface area contributed by atoms with E-state index in [1.165, 1.54) is 18.7 Å². The molecule has 0 amide bonds. The fourth-order valence-electron chi connectivity index (χ4n) is 2.12. The maximum absolute atomic E-state index is 12.7. The molecule has 22 heavy (non-hydrogen) atoms. The first-order valence-corrected chi connectivity index (χ1v) is 7.78. The molecule has 2 aromatic heterocycles. The second kappa shape index (κ2) is 6.19. The van der Waals surface area contributed by atoms with Gasteiger partial charge in [-0.05, 0) is 31.2 Å². The quantitative estimate of drug-likeness (QED) is 0.535. The lowest BCUT2D eigenvalue weighted by molar-refractivity contribution is -0.114. The lowest BCUT2D eigenvalue weighted by Gasteiger charge is -2.11. The Morgan fingerprint density at radius 2 is 2.09 bits per heavy atom. The molecular formula is C16H14N2O3S. The summed E-state index contributed by atoms with van der Waals surface area (Å²) >= 11 is 1.27. The highest BCUT2D eigenvalue weighted by atomic mass is 32.2. The average Bonchev–Trinajstić information content (AvgIpc) is 3.01. The van der Waals surface area contributed by atoms with Gasteiger partial charge in [0.05, 0.1) is 29.5 Å². The summed E-state index contributed by atoms with van der Waals surface area (Å²) in [5, 5.41) is 1.08. The first-order valence-electron chi connectivity index (χ1n) is 6.79. The topological polar surface area (TPSA) is 65.1 Å². The van der Waals surface area contributed by atoms with Crippen LogP contribution in [0.5, 0.6) is 0 Å². The Kier molecular flexibility index (Phi) is 4.11. The standard InChI is InChI=1S/C16H14N2O3S/c1-11(19)10-22-16-17-14-7-3-2-6-13(14)15(20)18(16)9-12-5-4-8-21-12/h2-8H,9-10H2,1H3. The minimum absolute atomic E-state index is 0.0388. The molecule has 0 unspecified atom stereocenters. The van der Waals surface area contributed by atoms with Crippen LogP contribution in [-0.2, 0) is 11.3 Å². The van der Waals surface area contributed by atoms with Crippen molar-refractivity contribution in [3.8, 4) is 0 Å². The zero-order chi connectivity index (χ0) is 15.5. The summed E-state index contributed by atoms with van der Waals surface area (Å²) < 4.78 is 6.87. The van der Waals surface area contributed by atoms with Crippen molar-refractivity contribution in [1.29, 1.82) is 0 Å². The third-order valence-corrected chi connectivity index (χ3v) is 4.25. The third kappa shape index (κ3) is 2.96. The first kappa shape index (κ1) is 14.6. The molecule has 0 saturated carbocycles. The molecule has 0 fully saturated rings. The van der Waals surface area contributed by atoms with Gasteiger partial charge in [-0.15, -0.1) is 0 Å². The number of para-hydroxylation sites is 1. The normalized spacial score (nSPS) is 11.0. The summed E-state index contributed by atoms with van der Waals surface area (Å²) in [6.45, 7) is 1.81. The van der Waals surface area contributed by atoms with Gasteiger partial charge in [-0.3, -0.25) is 14.2 Å². The minimum atomic E-state index is -0.131. The molecule has 6 heteroatoms. The number of hydrogen-bond acceptors (Lipinski definition) is 5. The summed E-state index contributed by atoms with van der Waals surface area (Å²) in [5.74, 6) is 0.990. The maximum Gasteiger partial charge on any atom is 0.262 e. The molecule has 0 atom stereocenters. The number of carbonyl (C=O) groups excluding carboxylic acids is 1. The van der Waals surface area contributed by atoms with Crippen molar-refractivity contribution in [3.63, 3.8) is 0 Å². The summed E-state index contributed by atoms with van der Waals surface area (Å²) in [5.41, 5.74) is 0.502. The van der Waals surface area contributed by atoms with Crippen LogP contribution in [0.25, 0.3) is 10.9 Å². The molecule has 0 N–H and O–H groups in total. The van der Waals surface area contributed by atoms with E-state index in [-0.39, 0.29) is 17.1 Å². The number of fused-ring (bicyclic) bond motifs is 1. The largest absolute Gasteiger partial charge is 0.467 e. The van der Waals surface area contributed by atoms with Crippen molar-refractivity contribution in [2.24, 2.45) is 0 Å². The predicted molar refractivity (Wildman–Crippen MR) is 85.2 cm³/mol. The van der Waals surface area contributed by atoms with E-state index in [4.69, 9.17) is 4.42 Å². The number of nitrogens with zero attached hydrogens (tertiary/aromatic N) is 2. The van der Waals surface area contributed by atoms with Crippen LogP contribution >= 0.6 is 11.8 Å². The zero-order valence-corrected chi connectivity index (χ0v) is 12.8. The number of thioether (sulfide) groups is 1. The molecule has 0 saturated heterocycles. The number of hydrogen-bond donors (Lipinski definition) is 0. The second-order valence-electron chi connectivity index (χ2n) is 4.87. The molecule has 1 aromatic carbocycles. The first-order chi connectivity index (χ1) is 10.6. The van der Waals surface area contributed by atoms with E-state index in [0.717, 1.165) is 0 Å². The average molecular weight is 314 g/mol. The lowest BCUT2D eigenvalue weighted by Crippen LogP contribution is -2.24. The highest BCUT2D eigenvalue weighted by molar-refractivity contribution is 7.99. The van der Waals surface area contributed by atoms with E-state index in [1.54, 1.807) is 35.1 Å². The van der Waals surface area contributed by atoms with Crippen molar-refractivity contribution >= 4 is 28.4 Å². The molecule has 0 spiro atoms. The maximum atomic E-state index is 12.7. The molecule has 3 rings (SSSR count). The number of benzene rings is 1. The van der Waals surface area contributed by atoms with Crippen LogP contribution in [0.1, 0.15) is 12.7 Å². The van der Waals surface area contributed by atoms with Gasteiger partial charge in [-0.2, -0.15) is 0 Å². The van der Waals surface area contributed by atoms with Crippen LogP contribution in [0.3, 0.4) is 0 Å². The molecule has 0 radical (unpaired) electrons. The smallest absolute Gasteiger partial charge is 0.262 e. The molecule has 0 aliphatic carbocycles. The summed E-state index contributed by atoms with van der Waals surface area (Å²) in [6.07, 6.45) is 1.57.